The van der Waals surface area contributed by atoms with Crippen LogP contribution in [-0.2, 0) is 13.1 Å². The summed E-state index contributed by atoms with van der Waals surface area (Å²) in [5, 5.41) is 12.6. The first-order chi connectivity index (χ1) is 12.6. The van der Waals surface area contributed by atoms with Crippen molar-refractivity contribution in [2.75, 3.05) is 13.2 Å². The van der Waals surface area contributed by atoms with Gasteiger partial charge in [0.2, 0.25) is 0 Å². The van der Waals surface area contributed by atoms with Crippen LogP contribution in [-0.4, -0.2) is 29.3 Å². The van der Waals surface area contributed by atoms with E-state index >= 15 is 0 Å². The number of aryl methyl sites for hydroxylation is 2. The highest BCUT2D eigenvalue weighted by atomic mass is 32.1. The molecular weight excluding hydrogens is 346 g/mol. The van der Waals surface area contributed by atoms with Crippen molar-refractivity contribution in [3.63, 3.8) is 0 Å². The third kappa shape index (κ3) is 5.73. The van der Waals surface area contributed by atoms with Crippen LogP contribution in [0.4, 0.5) is 0 Å². The van der Waals surface area contributed by atoms with Crippen LogP contribution >= 0.6 is 11.3 Å². The molecule has 0 spiro atoms. The van der Waals surface area contributed by atoms with Gasteiger partial charge in [-0.3, -0.25) is 4.90 Å². The van der Waals surface area contributed by atoms with E-state index in [2.05, 4.69) is 22.4 Å². The Labute approximate surface area is 158 Å². The second-order valence-corrected chi connectivity index (χ2v) is 7.65. The van der Waals surface area contributed by atoms with Crippen molar-refractivity contribution in [1.29, 1.82) is 0 Å². The van der Waals surface area contributed by atoms with Gasteiger partial charge in [0.05, 0.1) is 12.8 Å². The van der Waals surface area contributed by atoms with Crippen molar-refractivity contribution in [2.24, 2.45) is 0 Å². The molecule has 3 aromatic rings. The average Bonchev–Trinajstić information content (AvgIpc) is 3.26. The molecule has 0 radical (unpaired) electrons. The first-order valence-corrected chi connectivity index (χ1v) is 9.63. The van der Waals surface area contributed by atoms with Gasteiger partial charge in [-0.1, -0.05) is 12.1 Å². The summed E-state index contributed by atoms with van der Waals surface area (Å²) in [6.07, 6.45) is 1.10. The van der Waals surface area contributed by atoms with E-state index < -0.39 is 6.10 Å². The Kier molecular flexibility index (Phi) is 6.50. The number of rotatable bonds is 9. The van der Waals surface area contributed by atoms with Gasteiger partial charge in [-0.15, -0.1) is 11.3 Å². The number of hydrogen-bond donors (Lipinski definition) is 1. The molecule has 0 aliphatic rings. The number of hydrogen-bond acceptors (Lipinski definition) is 5. The molecule has 3 rings (SSSR count). The van der Waals surface area contributed by atoms with Crippen molar-refractivity contribution >= 4 is 11.3 Å². The standard InChI is InChI=1S/C21H25NO3S/c1-16-9-17(2)11-20(10-16)25-15-18(23)12-22(13-19-5-3-7-24-19)14-21-6-4-8-26-21/h3-11,18,23H,12-15H2,1-2H3. The molecule has 0 aliphatic carbocycles. The maximum atomic E-state index is 10.5. The lowest BCUT2D eigenvalue weighted by atomic mass is 10.1. The Morgan fingerprint density at radius 1 is 1.12 bits per heavy atom. The average molecular weight is 372 g/mol. The minimum absolute atomic E-state index is 0.266. The van der Waals surface area contributed by atoms with Crippen molar-refractivity contribution in [1.82, 2.24) is 4.90 Å². The molecule has 2 aromatic heterocycles. The van der Waals surface area contributed by atoms with Crippen LogP contribution in [0.1, 0.15) is 21.8 Å². The molecule has 1 N–H and O–H groups in total. The molecule has 5 heteroatoms. The Balaban J connectivity index is 1.57. The Bertz CT molecular complexity index is 727. The normalized spacial score (nSPS) is 12.5. The van der Waals surface area contributed by atoms with Gasteiger partial charge in [-0.05, 0) is 60.7 Å². The zero-order valence-corrected chi connectivity index (χ0v) is 16.0. The number of furan rings is 1. The molecule has 1 unspecified atom stereocenters. The smallest absolute Gasteiger partial charge is 0.119 e. The van der Waals surface area contributed by atoms with E-state index in [1.807, 2.05) is 44.2 Å². The van der Waals surface area contributed by atoms with Crippen LogP contribution in [0.2, 0.25) is 0 Å². The highest BCUT2D eigenvalue weighted by molar-refractivity contribution is 7.09. The molecule has 1 aromatic carbocycles. The zero-order valence-electron chi connectivity index (χ0n) is 15.2. The summed E-state index contributed by atoms with van der Waals surface area (Å²) < 4.78 is 11.3. The minimum Gasteiger partial charge on any atom is -0.491 e. The lowest BCUT2D eigenvalue weighted by Crippen LogP contribution is -2.34. The molecule has 0 saturated carbocycles. The van der Waals surface area contributed by atoms with Crippen LogP contribution in [0, 0.1) is 13.8 Å². The van der Waals surface area contributed by atoms with Crippen LogP contribution in [0.25, 0.3) is 0 Å². The lowest BCUT2D eigenvalue weighted by molar-refractivity contribution is 0.0608. The monoisotopic (exact) mass is 371 g/mol. The first-order valence-electron chi connectivity index (χ1n) is 8.75. The van der Waals surface area contributed by atoms with Crippen molar-refractivity contribution in [3.05, 3.63) is 75.9 Å². The summed E-state index contributed by atoms with van der Waals surface area (Å²) in [5.41, 5.74) is 2.32. The number of aliphatic hydroxyl groups is 1. The van der Waals surface area contributed by atoms with Gasteiger partial charge in [0.25, 0.3) is 0 Å². The van der Waals surface area contributed by atoms with Gasteiger partial charge in [-0.25, -0.2) is 0 Å². The third-order valence-electron chi connectivity index (χ3n) is 4.03. The quantitative estimate of drug-likeness (QED) is 0.606. The van der Waals surface area contributed by atoms with Crippen LogP contribution in [0.5, 0.6) is 5.75 Å². The Hall–Kier alpha value is -2.08. The first kappa shape index (κ1) is 18.7. The second-order valence-electron chi connectivity index (χ2n) is 6.62. The van der Waals surface area contributed by atoms with Crippen molar-refractivity contribution < 1.29 is 14.3 Å². The molecular formula is C21H25NO3S. The van der Waals surface area contributed by atoms with E-state index in [9.17, 15) is 5.11 Å². The largest absolute Gasteiger partial charge is 0.491 e. The fourth-order valence-corrected chi connectivity index (χ4v) is 3.74. The SMILES string of the molecule is Cc1cc(C)cc(OCC(O)CN(Cc2ccco2)Cc2cccs2)c1. The highest BCUT2D eigenvalue weighted by Gasteiger charge is 2.15. The molecule has 0 bridgehead atoms. The molecule has 0 amide bonds. The fraction of sp³-hybridized carbons (Fsp3) is 0.333. The summed E-state index contributed by atoms with van der Waals surface area (Å²) in [6, 6.07) is 14.1. The number of ether oxygens (including phenoxy) is 1. The van der Waals surface area contributed by atoms with Gasteiger partial charge in [0.1, 0.15) is 24.2 Å². The van der Waals surface area contributed by atoms with Crippen LogP contribution in [0.3, 0.4) is 0 Å². The van der Waals surface area contributed by atoms with Gasteiger partial charge >= 0.3 is 0 Å². The molecule has 0 fully saturated rings. The van der Waals surface area contributed by atoms with E-state index in [1.54, 1.807) is 17.6 Å². The van der Waals surface area contributed by atoms with E-state index in [-0.39, 0.29) is 6.61 Å². The van der Waals surface area contributed by atoms with Gasteiger partial charge in [0.15, 0.2) is 0 Å². The summed E-state index contributed by atoms with van der Waals surface area (Å²) in [5.74, 6) is 1.70. The summed E-state index contributed by atoms with van der Waals surface area (Å²) in [4.78, 5) is 3.44. The maximum absolute atomic E-state index is 10.5. The number of thiophene rings is 1. The van der Waals surface area contributed by atoms with E-state index in [0.717, 1.165) is 29.2 Å². The van der Waals surface area contributed by atoms with Gasteiger partial charge in [-0.2, -0.15) is 0 Å². The van der Waals surface area contributed by atoms with E-state index in [1.165, 1.54) is 4.88 Å². The summed E-state index contributed by atoms with van der Waals surface area (Å²) >= 11 is 1.72. The molecule has 138 valence electrons. The molecule has 2 heterocycles. The van der Waals surface area contributed by atoms with Crippen molar-refractivity contribution in [2.45, 2.75) is 33.0 Å². The molecule has 1 atom stereocenters. The highest BCUT2D eigenvalue weighted by Crippen LogP contribution is 2.18. The van der Waals surface area contributed by atoms with E-state index in [4.69, 9.17) is 9.15 Å². The second kappa shape index (κ2) is 9.03. The van der Waals surface area contributed by atoms with E-state index in [0.29, 0.717) is 13.1 Å². The summed E-state index contributed by atoms with van der Waals surface area (Å²) in [7, 11) is 0. The molecule has 0 aliphatic heterocycles. The zero-order chi connectivity index (χ0) is 18.4. The Morgan fingerprint density at radius 2 is 1.92 bits per heavy atom. The number of benzene rings is 1. The topological polar surface area (TPSA) is 45.8 Å². The number of nitrogens with zero attached hydrogens (tertiary/aromatic N) is 1. The number of aliphatic hydroxyl groups excluding tert-OH is 1. The Morgan fingerprint density at radius 3 is 2.58 bits per heavy atom. The molecule has 4 nitrogen and oxygen atoms in total. The van der Waals surface area contributed by atoms with Gasteiger partial charge < -0.3 is 14.3 Å². The van der Waals surface area contributed by atoms with Crippen LogP contribution in [0.15, 0.2) is 58.5 Å². The van der Waals surface area contributed by atoms with Crippen LogP contribution < -0.4 is 4.74 Å². The molecule has 0 saturated heterocycles. The van der Waals surface area contributed by atoms with Crippen molar-refractivity contribution in [3.8, 4) is 5.75 Å². The predicted molar refractivity (Wildman–Crippen MR) is 105 cm³/mol. The third-order valence-corrected chi connectivity index (χ3v) is 4.89. The lowest BCUT2D eigenvalue weighted by Gasteiger charge is -2.24. The predicted octanol–water partition coefficient (Wildman–Crippen LogP) is 4.40. The maximum Gasteiger partial charge on any atom is 0.119 e. The molecule has 26 heavy (non-hydrogen) atoms. The fourth-order valence-electron chi connectivity index (χ4n) is 2.99. The summed E-state index contributed by atoms with van der Waals surface area (Å²) in [6.45, 7) is 6.31. The minimum atomic E-state index is -0.578. The van der Waals surface area contributed by atoms with Gasteiger partial charge in [0, 0.05) is 18.0 Å².